The van der Waals surface area contributed by atoms with E-state index in [1.54, 1.807) is 23.8 Å². The highest BCUT2D eigenvalue weighted by Crippen LogP contribution is 2.45. The number of benzene rings is 2. The van der Waals surface area contributed by atoms with Gasteiger partial charge in [-0.3, -0.25) is 8.42 Å². The van der Waals surface area contributed by atoms with Crippen LogP contribution >= 0.6 is 11.3 Å². The third-order valence-electron chi connectivity index (χ3n) is 5.66. The number of unbranched alkanes of at least 4 members (excludes halogenated alkanes) is 4. The van der Waals surface area contributed by atoms with Gasteiger partial charge in [0.25, 0.3) is 0 Å². The summed E-state index contributed by atoms with van der Waals surface area (Å²) in [5, 5.41) is 0. The Labute approximate surface area is 219 Å². The van der Waals surface area contributed by atoms with E-state index in [0.29, 0.717) is 23.0 Å². The van der Waals surface area contributed by atoms with E-state index in [4.69, 9.17) is 9.47 Å². The molecule has 0 aliphatic carbocycles. The third kappa shape index (κ3) is 7.51. The van der Waals surface area contributed by atoms with Crippen molar-refractivity contribution in [2.45, 2.75) is 62.2 Å². The summed E-state index contributed by atoms with van der Waals surface area (Å²) in [5.74, 6) is 1.66. The van der Waals surface area contributed by atoms with Crippen molar-refractivity contribution in [1.82, 2.24) is 0 Å². The summed E-state index contributed by atoms with van der Waals surface area (Å²) in [6.45, 7) is 5.76. The van der Waals surface area contributed by atoms with Crippen LogP contribution in [0, 0.1) is 0 Å². The normalized spacial score (nSPS) is 12.9. The van der Waals surface area contributed by atoms with E-state index in [1.165, 1.54) is 0 Å². The molecular weight excluding hydrogens is 497 g/mol. The molecule has 7 heteroatoms. The fourth-order valence-electron chi connectivity index (χ4n) is 3.79. The van der Waals surface area contributed by atoms with Gasteiger partial charge in [-0.05, 0) is 72.5 Å². The minimum atomic E-state index is -1.29. The van der Waals surface area contributed by atoms with Gasteiger partial charge >= 0.3 is 0 Å². The molecule has 0 bridgehead atoms. The Bertz CT molecular complexity index is 1030. The lowest BCUT2D eigenvalue weighted by Crippen LogP contribution is -1.98. The predicted octanol–water partition coefficient (Wildman–Crippen LogP) is 7.69. The van der Waals surface area contributed by atoms with Gasteiger partial charge < -0.3 is 9.47 Å². The van der Waals surface area contributed by atoms with E-state index in [9.17, 15) is 8.42 Å². The van der Waals surface area contributed by atoms with Crippen molar-refractivity contribution >= 4 is 32.9 Å². The fourth-order valence-corrected chi connectivity index (χ4v) is 8.17. The number of ether oxygens (including phenoxy) is 2. The number of rotatable bonds is 14. The Morgan fingerprint density at radius 3 is 1.31 bits per heavy atom. The average Bonchev–Trinajstić information content (AvgIpc) is 3.27. The lowest BCUT2D eigenvalue weighted by Gasteiger charge is -2.08. The molecule has 0 saturated heterocycles. The molecule has 190 valence electrons. The molecular formula is C28H36O4S3. The van der Waals surface area contributed by atoms with Gasteiger partial charge in [0.15, 0.2) is 0 Å². The minimum Gasteiger partial charge on any atom is -0.494 e. The van der Waals surface area contributed by atoms with E-state index in [1.807, 2.05) is 48.5 Å². The molecule has 2 aromatic carbocycles. The largest absolute Gasteiger partial charge is 0.494 e. The van der Waals surface area contributed by atoms with Crippen molar-refractivity contribution in [2.24, 2.45) is 0 Å². The SMILES string of the molecule is CCCCCOc1ccc(-c2sc(-c3ccc(OCCCCC)cc3)c(S(C)=O)c2S(C)=O)cc1. The number of thiophene rings is 1. The molecule has 1 aromatic heterocycles. The molecule has 3 rings (SSSR count). The topological polar surface area (TPSA) is 52.6 Å². The molecule has 0 N–H and O–H groups in total. The molecule has 0 saturated carbocycles. The van der Waals surface area contributed by atoms with Gasteiger partial charge in [-0.25, -0.2) is 0 Å². The molecule has 0 fully saturated rings. The molecule has 2 unspecified atom stereocenters. The molecule has 0 spiro atoms. The van der Waals surface area contributed by atoms with E-state index in [2.05, 4.69) is 13.8 Å². The van der Waals surface area contributed by atoms with Crippen LogP contribution in [0.15, 0.2) is 58.3 Å². The Kier molecular flexibility index (Phi) is 11.0. The zero-order valence-corrected chi connectivity index (χ0v) is 23.6. The molecule has 0 amide bonds. The fraction of sp³-hybridized carbons (Fsp3) is 0.429. The summed E-state index contributed by atoms with van der Waals surface area (Å²) < 4.78 is 37.4. The second-order valence-electron chi connectivity index (χ2n) is 8.49. The predicted molar refractivity (Wildman–Crippen MR) is 150 cm³/mol. The van der Waals surface area contributed by atoms with Crippen LogP contribution in [-0.2, 0) is 21.6 Å². The van der Waals surface area contributed by atoms with Crippen LogP contribution < -0.4 is 9.47 Å². The Balaban J connectivity index is 1.90. The molecule has 0 aliphatic heterocycles. The maximum Gasteiger partial charge on any atom is 0.119 e. The summed E-state index contributed by atoms with van der Waals surface area (Å²) in [7, 11) is -2.58. The van der Waals surface area contributed by atoms with E-state index in [0.717, 1.165) is 70.9 Å². The van der Waals surface area contributed by atoms with Crippen molar-refractivity contribution in [3.63, 3.8) is 0 Å². The van der Waals surface area contributed by atoms with Gasteiger partial charge in [0, 0.05) is 12.5 Å². The highest BCUT2D eigenvalue weighted by atomic mass is 32.2. The highest BCUT2D eigenvalue weighted by molar-refractivity contribution is 7.88. The monoisotopic (exact) mass is 532 g/mol. The summed E-state index contributed by atoms with van der Waals surface area (Å²) in [4.78, 5) is 3.09. The van der Waals surface area contributed by atoms with Crippen LogP contribution in [0.25, 0.3) is 20.9 Å². The molecule has 35 heavy (non-hydrogen) atoms. The molecule has 2 atom stereocenters. The zero-order valence-electron chi connectivity index (χ0n) is 21.1. The second-order valence-corrected chi connectivity index (χ2v) is 12.1. The quantitative estimate of drug-likeness (QED) is 0.200. The average molecular weight is 533 g/mol. The molecule has 0 radical (unpaired) electrons. The van der Waals surface area contributed by atoms with Gasteiger partial charge in [-0.15, -0.1) is 11.3 Å². The van der Waals surface area contributed by atoms with E-state index in [-0.39, 0.29) is 0 Å². The highest BCUT2D eigenvalue weighted by Gasteiger charge is 2.25. The Morgan fingerprint density at radius 2 is 1.00 bits per heavy atom. The van der Waals surface area contributed by atoms with Crippen LogP contribution in [0.1, 0.15) is 52.4 Å². The van der Waals surface area contributed by atoms with E-state index < -0.39 is 21.6 Å². The summed E-state index contributed by atoms with van der Waals surface area (Å²) in [6.07, 6.45) is 10.0. The first-order chi connectivity index (χ1) is 17.0. The van der Waals surface area contributed by atoms with Crippen LogP contribution in [0.4, 0.5) is 0 Å². The second kappa shape index (κ2) is 14.0. The summed E-state index contributed by atoms with van der Waals surface area (Å²) in [6, 6.07) is 15.8. The van der Waals surface area contributed by atoms with Crippen LogP contribution in [-0.4, -0.2) is 34.1 Å². The van der Waals surface area contributed by atoms with Crippen molar-refractivity contribution in [2.75, 3.05) is 25.7 Å². The van der Waals surface area contributed by atoms with Crippen LogP contribution in [0.2, 0.25) is 0 Å². The van der Waals surface area contributed by atoms with Crippen molar-refractivity contribution in [3.8, 4) is 32.4 Å². The standard InChI is InChI=1S/C28H36O4S3/c1-5-7-9-19-31-23-15-11-21(12-16-23)25-27(34(3)29)28(35(4)30)26(33-25)22-13-17-24(18-14-22)32-20-10-8-6-2/h11-18H,5-10,19-20H2,1-4H3. The smallest absolute Gasteiger partial charge is 0.119 e. The number of hydrogen-bond donors (Lipinski definition) is 0. The third-order valence-corrected chi connectivity index (χ3v) is 9.31. The van der Waals surface area contributed by atoms with Gasteiger partial charge in [0.05, 0.1) is 54.4 Å². The van der Waals surface area contributed by atoms with Gasteiger partial charge in [0.1, 0.15) is 11.5 Å². The van der Waals surface area contributed by atoms with Gasteiger partial charge in [-0.2, -0.15) is 0 Å². The molecule has 1 heterocycles. The lowest BCUT2D eigenvalue weighted by atomic mass is 10.1. The Morgan fingerprint density at radius 1 is 0.629 bits per heavy atom. The first-order valence-electron chi connectivity index (χ1n) is 12.3. The van der Waals surface area contributed by atoms with E-state index >= 15 is 0 Å². The van der Waals surface area contributed by atoms with Crippen LogP contribution in [0.3, 0.4) is 0 Å². The first-order valence-corrected chi connectivity index (χ1v) is 16.2. The van der Waals surface area contributed by atoms with Crippen LogP contribution in [0.5, 0.6) is 11.5 Å². The molecule has 4 nitrogen and oxygen atoms in total. The van der Waals surface area contributed by atoms with Crippen molar-refractivity contribution < 1.29 is 17.9 Å². The number of hydrogen-bond acceptors (Lipinski definition) is 5. The summed E-state index contributed by atoms with van der Waals surface area (Å²) in [5.41, 5.74) is 1.91. The lowest BCUT2D eigenvalue weighted by molar-refractivity contribution is 0.306. The maximum absolute atomic E-state index is 12.8. The maximum atomic E-state index is 12.8. The first kappa shape index (κ1) is 27.6. The molecule has 3 aromatic rings. The van der Waals surface area contributed by atoms with Gasteiger partial charge in [0.2, 0.25) is 0 Å². The van der Waals surface area contributed by atoms with Crippen molar-refractivity contribution in [1.29, 1.82) is 0 Å². The zero-order chi connectivity index (χ0) is 25.2. The van der Waals surface area contributed by atoms with Crippen molar-refractivity contribution in [3.05, 3.63) is 48.5 Å². The minimum absolute atomic E-state index is 0.655. The molecule has 0 aliphatic rings. The van der Waals surface area contributed by atoms with Gasteiger partial charge in [-0.1, -0.05) is 39.5 Å². The summed E-state index contributed by atoms with van der Waals surface area (Å²) >= 11 is 1.54. The Hall–Kier alpha value is -1.96.